The Morgan fingerprint density at radius 2 is 2.36 bits per heavy atom. The normalized spacial score (nSPS) is 10.7. The minimum Gasteiger partial charge on any atom is -0.425 e. The molecule has 74 valence electrons. The lowest BCUT2D eigenvalue weighted by atomic mass is 10.4. The molecular weight excluding hydrogens is 182 g/mol. The third kappa shape index (κ3) is 1.51. The van der Waals surface area contributed by atoms with E-state index >= 15 is 0 Å². The molecule has 0 unspecified atom stereocenters. The molecule has 2 aromatic rings. The minimum absolute atomic E-state index is 0.497. The molecule has 2 rings (SSSR count). The van der Waals surface area contributed by atoms with Crippen LogP contribution in [0.4, 0.5) is 5.82 Å². The number of anilines is 1. The van der Waals surface area contributed by atoms with Crippen LogP contribution in [0.2, 0.25) is 0 Å². The van der Waals surface area contributed by atoms with Crippen molar-refractivity contribution >= 4 is 17.0 Å². The third-order valence-corrected chi connectivity index (χ3v) is 1.75. The van der Waals surface area contributed by atoms with E-state index in [4.69, 9.17) is 10.2 Å². The van der Waals surface area contributed by atoms with Gasteiger partial charge in [-0.05, 0) is 6.92 Å². The highest BCUT2D eigenvalue weighted by Crippen LogP contribution is 2.17. The van der Waals surface area contributed by atoms with Crippen molar-refractivity contribution in [1.29, 1.82) is 0 Å². The predicted octanol–water partition coefficient (Wildman–Crippen LogP) is 0.297. The van der Waals surface area contributed by atoms with Gasteiger partial charge in [-0.2, -0.15) is 4.98 Å². The molecule has 0 aliphatic rings. The summed E-state index contributed by atoms with van der Waals surface area (Å²) in [5, 5.41) is 3.07. The van der Waals surface area contributed by atoms with E-state index in [9.17, 15) is 0 Å². The average Bonchev–Trinajstić information content (AvgIpc) is 2.61. The largest absolute Gasteiger partial charge is 0.425 e. The van der Waals surface area contributed by atoms with E-state index in [1.165, 1.54) is 6.39 Å². The van der Waals surface area contributed by atoms with Gasteiger partial charge in [-0.25, -0.2) is 9.97 Å². The first-order chi connectivity index (χ1) is 6.81. The van der Waals surface area contributed by atoms with Crippen molar-refractivity contribution in [3.63, 3.8) is 0 Å². The molecule has 6 nitrogen and oxygen atoms in total. The number of nitrogens with zero attached hydrogens (tertiary/aromatic N) is 3. The fourth-order valence-electron chi connectivity index (χ4n) is 1.18. The molecule has 0 saturated heterocycles. The molecule has 3 N–H and O–H groups in total. The van der Waals surface area contributed by atoms with Gasteiger partial charge >= 0.3 is 0 Å². The highest BCUT2D eigenvalue weighted by Gasteiger charge is 2.08. The van der Waals surface area contributed by atoms with Crippen LogP contribution in [-0.4, -0.2) is 28.0 Å². The molecule has 2 aromatic heterocycles. The van der Waals surface area contributed by atoms with E-state index < -0.39 is 0 Å². The van der Waals surface area contributed by atoms with Crippen molar-refractivity contribution in [2.24, 2.45) is 5.73 Å². The van der Waals surface area contributed by atoms with Gasteiger partial charge in [0.25, 0.3) is 5.71 Å². The maximum absolute atomic E-state index is 5.38. The highest BCUT2D eigenvalue weighted by atomic mass is 16.3. The number of hydrogen-bond acceptors (Lipinski definition) is 6. The number of fused-ring (bicyclic) bond motifs is 1. The molecular formula is C8H11N5O. The van der Waals surface area contributed by atoms with Crippen LogP contribution >= 0.6 is 0 Å². The second kappa shape index (κ2) is 3.59. The quantitative estimate of drug-likeness (QED) is 0.728. The van der Waals surface area contributed by atoms with Crippen LogP contribution in [-0.2, 0) is 0 Å². The molecule has 0 fully saturated rings. The molecule has 0 aliphatic heterocycles. The minimum atomic E-state index is 0.497. The topological polar surface area (TPSA) is 89.9 Å². The van der Waals surface area contributed by atoms with Gasteiger partial charge in [0.1, 0.15) is 5.82 Å². The SMILES string of the molecule is Cc1nc(NCCN)c2ncoc2n1. The molecule has 0 radical (unpaired) electrons. The first kappa shape index (κ1) is 8.89. The molecule has 0 atom stereocenters. The van der Waals surface area contributed by atoms with Gasteiger partial charge < -0.3 is 15.5 Å². The summed E-state index contributed by atoms with van der Waals surface area (Å²) in [6.45, 7) is 3.00. The molecule has 0 amide bonds. The number of nitrogens with two attached hydrogens (primary N) is 1. The Balaban J connectivity index is 2.44. The van der Waals surface area contributed by atoms with E-state index in [0.717, 1.165) is 0 Å². The van der Waals surface area contributed by atoms with Crippen LogP contribution in [0.25, 0.3) is 11.2 Å². The molecule has 0 spiro atoms. The Morgan fingerprint density at radius 3 is 3.14 bits per heavy atom. The maximum atomic E-state index is 5.38. The van der Waals surface area contributed by atoms with Gasteiger partial charge in [0.05, 0.1) is 0 Å². The summed E-state index contributed by atoms with van der Waals surface area (Å²) in [7, 11) is 0. The smallest absolute Gasteiger partial charge is 0.252 e. The van der Waals surface area contributed by atoms with Crippen molar-refractivity contribution in [2.75, 3.05) is 18.4 Å². The molecule has 14 heavy (non-hydrogen) atoms. The molecule has 6 heteroatoms. The van der Waals surface area contributed by atoms with Gasteiger partial charge in [-0.15, -0.1) is 0 Å². The molecule has 2 heterocycles. The van der Waals surface area contributed by atoms with Crippen molar-refractivity contribution < 1.29 is 4.42 Å². The Morgan fingerprint density at radius 1 is 1.50 bits per heavy atom. The van der Waals surface area contributed by atoms with E-state index in [0.29, 0.717) is 36.0 Å². The predicted molar refractivity (Wildman–Crippen MR) is 51.9 cm³/mol. The number of aryl methyl sites for hydroxylation is 1. The summed E-state index contributed by atoms with van der Waals surface area (Å²) in [4.78, 5) is 12.3. The van der Waals surface area contributed by atoms with Crippen molar-refractivity contribution in [3.8, 4) is 0 Å². The maximum Gasteiger partial charge on any atom is 0.252 e. The Kier molecular flexibility index (Phi) is 2.28. The number of oxazole rings is 1. The number of aromatic nitrogens is 3. The van der Waals surface area contributed by atoms with Crippen LogP contribution in [0.3, 0.4) is 0 Å². The zero-order chi connectivity index (χ0) is 9.97. The third-order valence-electron chi connectivity index (χ3n) is 1.75. The highest BCUT2D eigenvalue weighted by molar-refractivity contribution is 5.80. The van der Waals surface area contributed by atoms with E-state index in [2.05, 4.69) is 20.3 Å². The van der Waals surface area contributed by atoms with Crippen LogP contribution in [0, 0.1) is 6.92 Å². The zero-order valence-electron chi connectivity index (χ0n) is 7.82. The first-order valence-corrected chi connectivity index (χ1v) is 4.33. The van der Waals surface area contributed by atoms with Crippen LogP contribution < -0.4 is 11.1 Å². The summed E-state index contributed by atoms with van der Waals surface area (Å²) in [5.74, 6) is 1.32. The van der Waals surface area contributed by atoms with Gasteiger partial charge in [-0.1, -0.05) is 0 Å². The lowest BCUT2D eigenvalue weighted by Crippen LogP contribution is -2.14. The standard InChI is InChI=1S/C8H11N5O/c1-5-12-7(10-3-2-9)6-8(13-5)14-4-11-6/h4H,2-3,9H2,1H3,(H,10,12,13). The van der Waals surface area contributed by atoms with Crippen LogP contribution in [0.15, 0.2) is 10.8 Å². The van der Waals surface area contributed by atoms with Gasteiger partial charge in [-0.3, -0.25) is 0 Å². The Hall–Kier alpha value is -1.69. The summed E-state index contributed by atoms with van der Waals surface area (Å²) >= 11 is 0. The van der Waals surface area contributed by atoms with Gasteiger partial charge in [0, 0.05) is 13.1 Å². The summed E-state index contributed by atoms with van der Waals surface area (Å²) < 4.78 is 5.09. The lowest BCUT2D eigenvalue weighted by Gasteiger charge is -2.03. The zero-order valence-corrected chi connectivity index (χ0v) is 7.82. The summed E-state index contributed by atoms with van der Waals surface area (Å²) in [6.07, 6.45) is 1.35. The molecule has 0 aromatic carbocycles. The molecule has 0 bridgehead atoms. The van der Waals surface area contributed by atoms with Crippen molar-refractivity contribution in [3.05, 3.63) is 12.2 Å². The van der Waals surface area contributed by atoms with Gasteiger partial charge in [0.15, 0.2) is 17.7 Å². The Bertz CT molecular complexity index is 438. The fourth-order valence-corrected chi connectivity index (χ4v) is 1.18. The molecule has 0 aliphatic carbocycles. The second-order valence-electron chi connectivity index (χ2n) is 2.84. The monoisotopic (exact) mass is 193 g/mol. The summed E-state index contributed by atoms with van der Waals surface area (Å²) in [6, 6.07) is 0. The molecule has 0 saturated carbocycles. The Labute approximate surface area is 80.6 Å². The number of nitrogens with one attached hydrogen (secondary N) is 1. The van der Waals surface area contributed by atoms with Gasteiger partial charge in [0.2, 0.25) is 0 Å². The first-order valence-electron chi connectivity index (χ1n) is 4.33. The average molecular weight is 193 g/mol. The number of hydrogen-bond donors (Lipinski definition) is 2. The van der Waals surface area contributed by atoms with Crippen molar-refractivity contribution in [2.45, 2.75) is 6.92 Å². The fraction of sp³-hybridized carbons (Fsp3) is 0.375. The van der Waals surface area contributed by atoms with Crippen LogP contribution in [0.1, 0.15) is 5.82 Å². The lowest BCUT2D eigenvalue weighted by molar-refractivity contribution is 0.589. The summed E-state index contributed by atoms with van der Waals surface area (Å²) in [5.41, 5.74) is 6.52. The van der Waals surface area contributed by atoms with Crippen LogP contribution in [0.5, 0.6) is 0 Å². The van der Waals surface area contributed by atoms with E-state index in [1.807, 2.05) is 0 Å². The van der Waals surface area contributed by atoms with Crippen molar-refractivity contribution in [1.82, 2.24) is 15.0 Å². The van der Waals surface area contributed by atoms with E-state index in [1.54, 1.807) is 6.92 Å². The number of rotatable bonds is 3. The second-order valence-corrected chi connectivity index (χ2v) is 2.84. The van der Waals surface area contributed by atoms with E-state index in [-0.39, 0.29) is 0 Å².